The third-order valence-electron chi connectivity index (χ3n) is 0.921. The van der Waals surface area contributed by atoms with Crippen molar-refractivity contribution in [3.63, 3.8) is 0 Å². The maximum atomic E-state index is 12.2. The second-order valence-electron chi connectivity index (χ2n) is 2.40. The zero-order chi connectivity index (χ0) is 18.1. The van der Waals surface area contributed by atoms with Gasteiger partial charge >= 0.3 is 64.4 Å². The van der Waals surface area contributed by atoms with Crippen molar-refractivity contribution in [3.05, 3.63) is 0 Å². The van der Waals surface area contributed by atoms with Gasteiger partial charge < -0.3 is 19.2 Å². The molecule has 144 valence electrons. The summed E-state index contributed by atoms with van der Waals surface area (Å²) in [6, 6.07) is 0. The second-order valence-corrected chi connectivity index (χ2v) is 24.6. The predicted molar refractivity (Wildman–Crippen MR) is 111 cm³/mol. The van der Waals surface area contributed by atoms with E-state index in [0.29, 0.717) is 22.1 Å². The van der Waals surface area contributed by atoms with Crippen molar-refractivity contribution in [2.24, 2.45) is 0 Å². The Kier molecular flexibility index (Phi) is 28.2. The van der Waals surface area contributed by atoms with E-state index in [0.717, 1.165) is 19.7 Å². The van der Waals surface area contributed by atoms with Crippen LogP contribution in [0.5, 0.6) is 0 Å². The van der Waals surface area contributed by atoms with Gasteiger partial charge in [-0.1, -0.05) is 0 Å². The molecule has 0 bridgehead atoms. The zero-order valence-corrected chi connectivity index (χ0v) is 24.6. The molecule has 1 unspecified atom stereocenters. The van der Waals surface area contributed by atoms with Crippen LogP contribution in [0.25, 0.3) is 0 Å². The number of hydrogen-bond acceptors (Lipinski definition) is 21. The molecule has 27 heavy (non-hydrogen) atoms. The molecule has 1 heterocycles. The third-order valence-corrected chi connectivity index (χ3v) is 26.4. The molecule has 0 radical (unpaired) electrons. The Bertz CT molecular complexity index is 500. The Morgan fingerprint density at radius 2 is 1.04 bits per heavy atom. The van der Waals surface area contributed by atoms with Crippen molar-refractivity contribution >= 4 is 134 Å². The van der Waals surface area contributed by atoms with E-state index in [-0.39, 0.29) is 56.6 Å². The van der Waals surface area contributed by atoms with Crippen LogP contribution in [0.3, 0.4) is 0 Å². The Morgan fingerprint density at radius 3 is 1.37 bits per heavy atom. The van der Waals surface area contributed by atoms with Crippen LogP contribution < -0.4 is 71.3 Å². The molecule has 1 aliphatic heterocycles. The molecule has 0 spiro atoms. The van der Waals surface area contributed by atoms with Gasteiger partial charge in [-0.3, -0.25) is 8.88 Å². The minimum absolute atomic E-state index is 0. The first kappa shape index (κ1) is 37.6. The smallest absolute Gasteiger partial charge is 0.790 e. The van der Waals surface area contributed by atoms with E-state index in [9.17, 15) is 28.4 Å². The number of phosphoric acid groups is 3. The van der Waals surface area contributed by atoms with Gasteiger partial charge in [0, 0.05) is 88.4 Å². The Balaban J connectivity index is -0.00000192. The van der Waals surface area contributed by atoms with Crippen LogP contribution in [0.1, 0.15) is 0 Å². The second kappa shape index (κ2) is 20.3. The van der Waals surface area contributed by atoms with Gasteiger partial charge in [-0.05, 0) is 0 Å². The fourth-order valence-corrected chi connectivity index (χ4v) is 28.8. The van der Waals surface area contributed by atoms with Gasteiger partial charge in [0.15, 0.2) is 0 Å². The Hall–Kier alpha value is 6.05. The molecule has 1 aliphatic rings. The number of rotatable bonds is 4. The van der Waals surface area contributed by atoms with Crippen molar-refractivity contribution in [2.45, 2.75) is 0 Å². The van der Waals surface area contributed by atoms with Crippen LogP contribution in [0, 0.1) is 0 Å². The summed E-state index contributed by atoms with van der Waals surface area (Å²) in [5, 5.41) is 0. The van der Waals surface area contributed by atoms with Crippen LogP contribution in [0.15, 0.2) is 0 Å². The molecule has 0 aromatic carbocycles. The van der Waals surface area contributed by atoms with Gasteiger partial charge in [-0.15, -0.1) is 0 Å². The number of hydrogen-bond donors (Lipinski definition) is 0. The van der Waals surface area contributed by atoms with Crippen molar-refractivity contribution in [2.75, 3.05) is 0 Å². The summed E-state index contributed by atoms with van der Waals surface area (Å²) in [6.07, 6.45) is 0. The molecule has 0 aromatic rings. The van der Waals surface area contributed by atoms with Crippen molar-refractivity contribution in [3.8, 4) is 0 Å². The first-order valence-electron chi connectivity index (χ1n) is 4.19. The molecule has 0 N–H and O–H groups in total. The summed E-state index contributed by atoms with van der Waals surface area (Å²) in [4.78, 5) is 32.0. The Morgan fingerprint density at radius 1 is 0.704 bits per heavy atom. The molecular formula is Li3O10P3S11. The predicted octanol–water partition coefficient (Wildman–Crippen LogP) is -3.47. The van der Waals surface area contributed by atoms with Crippen LogP contribution in [0.2, 0.25) is 0 Å². The Labute approximate surface area is 232 Å². The molecule has 27 heteroatoms. The first-order valence-corrected chi connectivity index (χ1v) is 22.6. The molecule has 0 aromatic heterocycles. The molecular weight excluding hydrogens is 626 g/mol. The summed E-state index contributed by atoms with van der Waals surface area (Å²) in [5.74, 6) is 0. The summed E-state index contributed by atoms with van der Waals surface area (Å²) < 4.78 is 50.4. The van der Waals surface area contributed by atoms with Crippen LogP contribution >= 0.6 is 134 Å². The minimum atomic E-state index is -5.92. The summed E-state index contributed by atoms with van der Waals surface area (Å²) in [6.45, 7) is 0. The normalized spacial score (nSPS) is 21.9. The van der Waals surface area contributed by atoms with Crippen molar-refractivity contribution in [1.29, 1.82) is 0 Å². The van der Waals surface area contributed by atoms with E-state index in [4.69, 9.17) is 0 Å². The van der Waals surface area contributed by atoms with E-state index in [1.54, 1.807) is 0 Å². The molecule has 1 atom stereocenters. The standard InChI is InChI=1S/3Li.H3O10P3S11/c;;;1-11(2,3)7-12(4,5)8-13(6)9-14-16-18-20-22-24-23-21-19-17-15-10-13/h;;;(H,4,5)(H2,1,2,3)/q3*+1;/p-3. The van der Waals surface area contributed by atoms with Gasteiger partial charge in [0.2, 0.25) is 0 Å². The van der Waals surface area contributed by atoms with Gasteiger partial charge in [-0.25, -0.2) is 16.8 Å². The van der Waals surface area contributed by atoms with Gasteiger partial charge in [0.05, 0.1) is 30.0 Å². The van der Waals surface area contributed by atoms with Gasteiger partial charge in [0.1, 0.15) is 0 Å². The van der Waals surface area contributed by atoms with E-state index >= 15 is 0 Å². The largest absolute Gasteiger partial charge is 1.00 e. The first-order chi connectivity index (χ1) is 11.1. The minimum Gasteiger partial charge on any atom is -0.790 e. The van der Waals surface area contributed by atoms with E-state index in [1.807, 2.05) is 0 Å². The van der Waals surface area contributed by atoms with Crippen LogP contribution in [-0.4, -0.2) is 0 Å². The summed E-state index contributed by atoms with van der Waals surface area (Å²) in [7, 11) is -4.86. The molecule has 10 nitrogen and oxygen atoms in total. The van der Waals surface area contributed by atoms with Crippen LogP contribution in [0.4, 0.5) is 0 Å². The fraction of sp³-hybridized carbons (Fsp3) is 0. The average Bonchev–Trinajstić information content (AvgIpc) is 2.40. The topological polar surface area (TPSA) is 157 Å². The molecule has 1 rings (SSSR count). The summed E-state index contributed by atoms with van der Waals surface area (Å²) in [5.41, 5.74) is 0. The fourth-order valence-electron chi connectivity index (χ4n) is 0.501. The SMILES string of the molecule is O=P([O-])([O-])OP(=O)([O-])OP1(=O)OSSSSSSSSSSSO1.[Li+].[Li+].[Li+]. The molecule has 0 aliphatic carbocycles. The van der Waals surface area contributed by atoms with E-state index < -0.39 is 23.5 Å². The summed E-state index contributed by atoms with van der Waals surface area (Å²) >= 11 is 0.972. The van der Waals surface area contributed by atoms with E-state index in [2.05, 4.69) is 16.6 Å². The monoisotopic (exact) mass is 626 g/mol. The average molecular weight is 626 g/mol. The van der Waals surface area contributed by atoms with Gasteiger partial charge in [-0.2, -0.15) is 0 Å². The molecule has 1 fully saturated rings. The van der Waals surface area contributed by atoms with Crippen molar-refractivity contribution < 1.29 is 102 Å². The van der Waals surface area contributed by atoms with Crippen molar-refractivity contribution in [1.82, 2.24) is 0 Å². The maximum Gasteiger partial charge on any atom is 1.00 e. The quantitative estimate of drug-likeness (QED) is 0.131. The molecule has 0 saturated carbocycles. The molecule has 0 amide bonds. The molecule has 1 saturated heterocycles. The maximum absolute atomic E-state index is 12.2. The van der Waals surface area contributed by atoms with Crippen LogP contribution in [-0.2, 0) is 30.3 Å². The van der Waals surface area contributed by atoms with E-state index in [1.165, 1.54) is 68.8 Å². The zero-order valence-electron chi connectivity index (χ0n) is 12.9. The third kappa shape index (κ3) is 22.3. The van der Waals surface area contributed by atoms with Gasteiger partial charge in [0.25, 0.3) is 7.82 Å².